The zero-order valence-electron chi connectivity index (χ0n) is 15.7. The van der Waals surface area contributed by atoms with Crippen molar-refractivity contribution in [2.75, 3.05) is 0 Å². The number of hydrazone groups is 1. The van der Waals surface area contributed by atoms with Gasteiger partial charge in [-0.1, -0.05) is 23.7 Å². The second kappa shape index (κ2) is 10.7. The predicted octanol–water partition coefficient (Wildman–Crippen LogP) is 6.06. The summed E-state index contributed by atoms with van der Waals surface area (Å²) in [6.45, 7) is 0.356. The van der Waals surface area contributed by atoms with E-state index >= 15 is 0 Å². The monoisotopic (exact) mass is 611 g/mol. The molecule has 0 bridgehead atoms. The van der Waals surface area contributed by atoms with Crippen molar-refractivity contribution in [1.82, 2.24) is 5.43 Å². The number of carbonyl (C=O) groups excluding carboxylic acids is 1. The summed E-state index contributed by atoms with van der Waals surface area (Å²) in [5.41, 5.74) is 3.76. The molecular weight excluding hydrogens is 600 g/mol. The van der Waals surface area contributed by atoms with Crippen molar-refractivity contribution >= 4 is 62.2 Å². The van der Waals surface area contributed by atoms with E-state index in [1.54, 1.807) is 18.2 Å². The van der Waals surface area contributed by atoms with Crippen LogP contribution in [0, 0.1) is 20.7 Å². The van der Waals surface area contributed by atoms with Crippen LogP contribution in [0.1, 0.15) is 27.0 Å². The minimum Gasteiger partial charge on any atom is -0.486 e. The topological polar surface area (TPSA) is 74.5 Å². The Bertz CT molecular complexity index is 1170. The summed E-state index contributed by atoms with van der Waals surface area (Å²) < 4.78 is 21.5. The van der Waals surface area contributed by atoms with Gasteiger partial charge in [0, 0.05) is 3.57 Å². The van der Waals surface area contributed by atoms with E-state index in [1.807, 2.05) is 24.3 Å². The molecule has 0 atom stereocenters. The fraction of sp³-hybridized carbons (Fsp3) is 0.0455. The number of nitriles is 1. The molecule has 0 aliphatic heterocycles. The molecule has 1 amide bonds. The number of carbonyl (C=O) groups is 1. The summed E-state index contributed by atoms with van der Waals surface area (Å²) in [6, 6.07) is 16.7. The first kappa shape index (κ1) is 23.2. The molecule has 0 spiro atoms. The molecule has 0 saturated heterocycles. The number of ether oxygens (including phenoxy) is 1. The molecule has 5 nitrogen and oxygen atoms in total. The highest BCUT2D eigenvalue weighted by Gasteiger charge is 2.12. The van der Waals surface area contributed by atoms with Gasteiger partial charge in [0.1, 0.15) is 12.4 Å². The van der Waals surface area contributed by atoms with Crippen molar-refractivity contribution in [3.8, 4) is 11.8 Å². The minimum absolute atomic E-state index is 0.126. The molecule has 0 heterocycles. The molecule has 0 aliphatic rings. The third kappa shape index (κ3) is 6.26. The molecule has 9 heteroatoms. The Kier molecular flexibility index (Phi) is 8.01. The number of nitrogens with one attached hydrogen (secondary N) is 1. The lowest BCUT2D eigenvalue weighted by molar-refractivity contribution is 0.0951. The lowest BCUT2D eigenvalue weighted by Gasteiger charge is -2.11. The van der Waals surface area contributed by atoms with Crippen LogP contribution in [0.25, 0.3) is 0 Å². The third-order valence-electron chi connectivity index (χ3n) is 4.04. The molecule has 0 unspecified atom stereocenters. The van der Waals surface area contributed by atoms with Crippen LogP contribution in [0.15, 0.2) is 64.2 Å². The Morgan fingerprint density at radius 2 is 2.00 bits per heavy atom. The van der Waals surface area contributed by atoms with Crippen LogP contribution in [-0.2, 0) is 6.61 Å². The Morgan fingerprint density at radius 3 is 2.65 bits per heavy atom. The molecule has 0 aliphatic carbocycles. The van der Waals surface area contributed by atoms with Crippen molar-refractivity contribution in [2.45, 2.75) is 6.61 Å². The largest absolute Gasteiger partial charge is 0.486 e. The van der Waals surface area contributed by atoms with Crippen LogP contribution >= 0.6 is 50.1 Å². The van der Waals surface area contributed by atoms with Gasteiger partial charge in [0.15, 0.2) is 5.75 Å². The number of hydrogen-bond donors (Lipinski definition) is 1. The summed E-state index contributed by atoms with van der Waals surface area (Å²) in [6.07, 6.45) is 1.37. The standard InChI is InChI=1S/C22H13BrClFIN3O2/c23-18-7-15(8-19(24)21(18)31-12-13-1-4-16(26)5-2-13)11-28-29-22(30)17-6-3-14(10-27)9-20(17)25/h1-9,11H,12H2,(H,29,30)/b28-11-. The zero-order valence-corrected chi connectivity index (χ0v) is 20.2. The Hall–Kier alpha value is -2.48. The third-order valence-corrected chi connectivity index (χ3v) is 5.63. The van der Waals surface area contributed by atoms with E-state index in [1.165, 1.54) is 18.3 Å². The van der Waals surface area contributed by atoms with Gasteiger partial charge < -0.3 is 4.74 Å². The van der Waals surface area contributed by atoms with Gasteiger partial charge in [-0.05, 0) is 92.1 Å². The summed E-state index contributed by atoms with van der Waals surface area (Å²) in [4.78, 5) is 12.1. The number of halogens is 4. The van der Waals surface area contributed by atoms with E-state index in [0.29, 0.717) is 27.4 Å². The molecule has 156 valence electrons. The highest BCUT2D eigenvalue weighted by atomic mass is 127. The first-order valence-electron chi connectivity index (χ1n) is 8.76. The Morgan fingerprint density at radius 1 is 1.26 bits per heavy atom. The minimum atomic E-state index is -0.799. The normalized spacial score (nSPS) is 10.7. The van der Waals surface area contributed by atoms with E-state index in [0.717, 1.165) is 15.2 Å². The van der Waals surface area contributed by atoms with Gasteiger partial charge in [-0.2, -0.15) is 10.4 Å². The molecule has 1 N–H and O–H groups in total. The van der Waals surface area contributed by atoms with E-state index in [9.17, 15) is 9.18 Å². The van der Waals surface area contributed by atoms with Crippen molar-refractivity contribution in [3.05, 3.63) is 95.7 Å². The number of benzene rings is 3. The van der Waals surface area contributed by atoms with Crippen molar-refractivity contribution in [2.24, 2.45) is 5.10 Å². The maximum atomic E-state index is 13.9. The van der Waals surface area contributed by atoms with Crippen LogP contribution in [0.2, 0.25) is 5.02 Å². The van der Waals surface area contributed by atoms with Crippen molar-refractivity contribution < 1.29 is 13.9 Å². The molecule has 0 fully saturated rings. The maximum absolute atomic E-state index is 13.9. The predicted molar refractivity (Wildman–Crippen MR) is 129 cm³/mol. The van der Waals surface area contributed by atoms with Gasteiger partial charge in [0.05, 0.1) is 32.9 Å². The number of hydrogen-bond acceptors (Lipinski definition) is 4. The molecule has 0 radical (unpaired) electrons. The lowest BCUT2D eigenvalue weighted by atomic mass is 10.1. The van der Waals surface area contributed by atoms with Gasteiger partial charge in [-0.15, -0.1) is 0 Å². The van der Waals surface area contributed by atoms with E-state index in [2.05, 4.69) is 49.0 Å². The number of rotatable bonds is 6. The second-order valence-electron chi connectivity index (χ2n) is 6.23. The van der Waals surface area contributed by atoms with Gasteiger partial charge >= 0.3 is 0 Å². The molecule has 3 aromatic carbocycles. The SMILES string of the molecule is N#Cc1ccc(C(=O)N/N=C\c2cc(Cl)c(OCc3ccc(I)cc3)c(Br)c2)c(F)c1. The highest BCUT2D eigenvalue weighted by molar-refractivity contribution is 14.1. The lowest BCUT2D eigenvalue weighted by Crippen LogP contribution is -2.19. The fourth-order valence-electron chi connectivity index (χ4n) is 2.52. The zero-order chi connectivity index (χ0) is 22.4. The first-order valence-corrected chi connectivity index (χ1v) is 11.0. The molecule has 31 heavy (non-hydrogen) atoms. The quantitative estimate of drug-likeness (QED) is 0.209. The maximum Gasteiger partial charge on any atom is 0.274 e. The molecular formula is C22H13BrClFIN3O2. The second-order valence-corrected chi connectivity index (χ2v) is 8.74. The van der Waals surface area contributed by atoms with Crippen LogP contribution < -0.4 is 10.2 Å². The van der Waals surface area contributed by atoms with Crippen LogP contribution in [-0.4, -0.2) is 12.1 Å². The van der Waals surface area contributed by atoms with Crippen LogP contribution in [0.5, 0.6) is 5.75 Å². The number of amides is 1. The van der Waals surface area contributed by atoms with Gasteiger partial charge in [0.2, 0.25) is 0 Å². The summed E-state index contributed by atoms with van der Waals surface area (Å²) >= 11 is 12.0. The van der Waals surface area contributed by atoms with Crippen molar-refractivity contribution in [1.29, 1.82) is 5.26 Å². The molecule has 3 rings (SSSR count). The molecule has 3 aromatic rings. The number of nitrogens with zero attached hydrogens (tertiary/aromatic N) is 2. The Labute approximate surface area is 205 Å². The molecule has 0 saturated carbocycles. The van der Waals surface area contributed by atoms with E-state index in [4.69, 9.17) is 21.6 Å². The van der Waals surface area contributed by atoms with Crippen molar-refractivity contribution in [3.63, 3.8) is 0 Å². The van der Waals surface area contributed by atoms with E-state index < -0.39 is 11.7 Å². The Balaban J connectivity index is 1.65. The highest BCUT2D eigenvalue weighted by Crippen LogP contribution is 2.34. The fourth-order valence-corrected chi connectivity index (χ4v) is 3.87. The van der Waals surface area contributed by atoms with E-state index in [-0.39, 0.29) is 11.1 Å². The van der Waals surface area contributed by atoms with Gasteiger partial charge in [-0.3, -0.25) is 4.79 Å². The molecule has 0 aromatic heterocycles. The summed E-state index contributed by atoms with van der Waals surface area (Å²) in [5.74, 6) is -1.05. The summed E-state index contributed by atoms with van der Waals surface area (Å²) in [7, 11) is 0. The smallest absolute Gasteiger partial charge is 0.274 e. The van der Waals surface area contributed by atoms with Crippen LogP contribution in [0.3, 0.4) is 0 Å². The first-order chi connectivity index (χ1) is 14.9. The van der Waals surface area contributed by atoms with Gasteiger partial charge in [-0.25, -0.2) is 9.82 Å². The van der Waals surface area contributed by atoms with Crippen LogP contribution in [0.4, 0.5) is 4.39 Å². The average Bonchev–Trinajstić information content (AvgIpc) is 2.74. The van der Waals surface area contributed by atoms with Gasteiger partial charge in [0.25, 0.3) is 5.91 Å². The average molecular weight is 613 g/mol. The summed E-state index contributed by atoms with van der Waals surface area (Å²) in [5, 5.41) is 13.0.